The molecule has 0 bridgehead atoms. The standard InChI is InChI=1S/C8H16O3S/c9-3-7-12-6-2-8-10-4-1-5-11-8/h8-9H,1-7H2. The highest BCUT2D eigenvalue weighted by Crippen LogP contribution is 2.11. The van der Waals surface area contributed by atoms with E-state index < -0.39 is 0 Å². The van der Waals surface area contributed by atoms with Gasteiger partial charge in [-0.3, -0.25) is 0 Å². The van der Waals surface area contributed by atoms with Crippen molar-refractivity contribution in [1.82, 2.24) is 0 Å². The molecule has 0 unspecified atom stereocenters. The van der Waals surface area contributed by atoms with Crippen molar-refractivity contribution in [3.63, 3.8) is 0 Å². The fourth-order valence-electron chi connectivity index (χ4n) is 1.05. The molecule has 1 heterocycles. The second-order valence-electron chi connectivity index (χ2n) is 2.65. The van der Waals surface area contributed by atoms with Crippen molar-refractivity contribution in [2.75, 3.05) is 31.3 Å². The number of thioether (sulfide) groups is 1. The molecule has 1 fully saturated rings. The Bertz CT molecular complexity index is 104. The van der Waals surface area contributed by atoms with Crippen LogP contribution in [0.2, 0.25) is 0 Å². The van der Waals surface area contributed by atoms with E-state index in [1.54, 1.807) is 11.8 Å². The molecule has 1 aliphatic heterocycles. The van der Waals surface area contributed by atoms with Gasteiger partial charge < -0.3 is 14.6 Å². The van der Waals surface area contributed by atoms with Gasteiger partial charge in [0, 0.05) is 12.2 Å². The lowest BCUT2D eigenvalue weighted by atomic mass is 10.4. The summed E-state index contributed by atoms with van der Waals surface area (Å²) in [7, 11) is 0. The average molecular weight is 192 g/mol. The summed E-state index contributed by atoms with van der Waals surface area (Å²) in [5.41, 5.74) is 0. The van der Waals surface area contributed by atoms with E-state index >= 15 is 0 Å². The maximum atomic E-state index is 8.52. The van der Waals surface area contributed by atoms with E-state index in [1.807, 2.05) is 0 Å². The predicted molar refractivity (Wildman–Crippen MR) is 49.3 cm³/mol. The quantitative estimate of drug-likeness (QED) is 0.656. The summed E-state index contributed by atoms with van der Waals surface area (Å²) in [6.45, 7) is 1.92. The summed E-state index contributed by atoms with van der Waals surface area (Å²) in [6.07, 6.45) is 1.95. The van der Waals surface area contributed by atoms with Crippen LogP contribution in [0.1, 0.15) is 12.8 Å². The van der Waals surface area contributed by atoms with Crippen LogP contribution in [-0.2, 0) is 9.47 Å². The Kier molecular flexibility index (Phi) is 5.77. The molecule has 0 aromatic heterocycles. The van der Waals surface area contributed by atoms with Crippen LogP contribution in [0.5, 0.6) is 0 Å². The summed E-state index contributed by atoms with van der Waals surface area (Å²) in [5, 5.41) is 8.52. The Morgan fingerprint density at radius 1 is 1.25 bits per heavy atom. The summed E-state index contributed by atoms with van der Waals surface area (Å²) in [6, 6.07) is 0. The van der Waals surface area contributed by atoms with Gasteiger partial charge in [0.25, 0.3) is 0 Å². The van der Waals surface area contributed by atoms with Gasteiger partial charge in [0.2, 0.25) is 0 Å². The van der Waals surface area contributed by atoms with Gasteiger partial charge in [-0.1, -0.05) is 0 Å². The van der Waals surface area contributed by atoms with Crippen molar-refractivity contribution in [2.24, 2.45) is 0 Å². The van der Waals surface area contributed by atoms with Crippen LogP contribution < -0.4 is 0 Å². The second-order valence-corrected chi connectivity index (χ2v) is 3.87. The van der Waals surface area contributed by atoms with Crippen LogP contribution in [0.25, 0.3) is 0 Å². The molecule has 0 amide bonds. The van der Waals surface area contributed by atoms with Gasteiger partial charge in [0.15, 0.2) is 6.29 Å². The minimum Gasteiger partial charge on any atom is -0.396 e. The first-order valence-electron chi connectivity index (χ1n) is 4.35. The van der Waals surface area contributed by atoms with Gasteiger partial charge in [0.1, 0.15) is 0 Å². The zero-order valence-electron chi connectivity index (χ0n) is 7.20. The van der Waals surface area contributed by atoms with Gasteiger partial charge in [-0.2, -0.15) is 11.8 Å². The van der Waals surface area contributed by atoms with Gasteiger partial charge in [-0.15, -0.1) is 0 Å². The SMILES string of the molecule is OCCSCCC1OCCCO1. The van der Waals surface area contributed by atoms with Crippen molar-refractivity contribution in [1.29, 1.82) is 0 Å². The van der Waals surface area contributed by atoms with Crippen molar-refractivity contribution in [3.05, 3.63) is 0 Å². The van der Waals surface area contributed by atoms with Crippen molar-refractivity contribution in [3.8, 4) is 0 Å². The Morgan fingerprint density at radius 2 is 2.00 bits per heavy atom. The van der Waals surface area contributed by atoms with Gasteiger partial charge >= 0.3 is 0 Å². The highest BCUT2D eigenvalue weighted by Gasteiger charge is 2.12. The largest absolute Gasteiger partial charge is 0.396 e. The van der Waals surface area contributed by atoms with Crippen LogP contribution in [0.4, 0.5) is 0 Å². The van der Waals surface area contributed by atoms with E-state index in [4.69, 9.17) is 14.6 Å². The molecular formula is C8H16O3S. The maximum absolute atomic E-state index is 8.52. The van der Waals surface area contributed by atoms with E-state index in [0.29, 0.717) is 0 Å². The first kappa shape index (κ1) is 10.3. The molecule has 0 aliphatic carbocycles. The molecule has 1 aliphatic rings. The van der Waals surface area contributed by atoms with Crippen LogP contribution in [0, 0.1) is 0 Å². The zero-order valence-corrected chi connectivity index (χ0v) is 8.02. The number of aliphatic hydroxyl groups is 1. The molecule has 0 radical (unpaired) electrons. The molecular weight excluding hydrogens is 176 g/mol. The smallest absolute Gasteiger partial charge is 0.158 e. The predicted octanol–water partition coefficient (Wildman–Crippen LogP) is 0.865. The minimum absolute atomic E-state index is 0.00458. The Morgan fingerprint density at radius 3 is 2.67 bits per heavy atom. The number of hydrogen-bond donors (Lipinski definition) is 1. The molecule has 12 heavy (non-hydrogen) atoms. The molecule has 1 rings (SSSR count). The van der Waals surface area contributed by atoms with Crippen LogP contribution in [0.3, 0.4) is 0 Å². The summed E-state index contributed by atoms with van der Waals surface area (Å²) in [4.78, 5) is 0. The Hall–Kier alpha value is 0.230. The van der Waals surface area contributed by atoms with Crippen molar-refractivity contribution in [2.45, 2.75) is 19.1 Å². The van der Waals surface area contributed by atoms with E-state index in [9.17, 15) is 0 Å². The van der Waals surface area contributed by atoms with E-state index in [2.05, 4.69) is 0 Å². The van der Waals surface area contributed by atoms with E-state index in [0.717, 1.165) is 37.6 Å². The number of aliphatic hydroxyl groups excluding tert-OH is 1. The molecule has 72 valence electrons. The van der Waals surface area contributed by atoms with Crippen molar-refractivity contribution < 1.29 is 14.6 Å². The molecule has 0 saturated carbocycles. The van der Waals surface area contributed by atoms with Gasteiger partial charge in [-0.05, 0) is 12.2 Å². The molecule has 0 spiro atoms. The lowest BCUT2D eigenvalue weighted by Crippen LogP contribution is -2.25. The van der Waals surface area contributed by atoms with Crippen LogP contribution >= 0.6 is 11.8 Å². The molecule has 4 heteroatoms. The topological polar surface area (TPSA) is 38.7 Å². The molecule has 1 saturated heterocycles. The third-order valence-electron chi connectivity index (χ3n) is 1.63. The monoisotopic (exact) mass is 192 g/mol. The fraction of sp³-hybridized carbons (Fsp3) is 1.00. The minimum atomic E-state index is 0.00458. The lowest BCUT2D eigenvalue weighted by Gasteiger charge is -2.22. The highest BCUT2D eigenvalue weighted by molar-refractivity contribution is 7.99. The molecule has 3 nitrogen and oxygen atoms in total. The summed E-state index contributed by atoms with van der Waals surface area (Å²) in [5.74, 6) is 1.82. The third-order valence-corrected chi connectivity index (χ3v) is 2.63. The number of hydrogen-bond acceptors (Lipinski definition) is 4. The molecule has 0 atom stereocenters. The van der Waals surface area contributed by atoms with Crippen molar-refractivity contribution >= 4 is 11.8 Å². The van der Waals surface area contributed by atoms with Crippen LogP contribution in [0.15, 0.2) is 0 Å². The average Bonchev–Trinajstić information content (AvgIpc) is 2.14. The van der Waals surface area contributed by atoms with Gasteiger partial charge in [0.05, 0.1) is 19.8 Å². The fourth-order valence-corrected chi connectivity index (χ4v) is 1.74. The molecule has 0 aromatic rings. The lowest BCUT2D eigenvalue weighted by molar-refractivity contribution is -0.178. The highest BCUT2D eigenvalue weighted by atomic mass is 32.2. The summed E-state index contributed by atoms with van der Waals surface area (Å²) >= 11 is 1.74. The maximum Gasteiger partial charge on any atom is 0.158 e. The van der Waals surface area contributed by atoms with E-state index in [1.165, 1.54) is 0 Å². The first-order chi connectivity index (χ1) is 5.93. The van der Waals surface area contributed by atoms with Gasteiger partial charge in [-0.25, -0.2) is 0 Å². The number of ether oxygens (including phenoxy) is 2. The zero-order chi connectivity index (χ0) is 8.65. The Labute approximate surface area is 77.4 Å². The second kappa shape index (κ2) is 6.71. The normalized spacial score (nSPS) is 19.8. The number of rotatable bonds is 5. The van der Waals surface area contributed by atoms with Crippen LogP contribution in [-0.4, -0.2) is 42.7 Å². The first-order valence-corrected chi connectivity index (χ1v) is 5.51. The Balaban J connectivity index is 1.91. The summed E-state index contributed by atoms with van der Waals surface area (Å²) < 4.78 is 10.7. The molecule has 0 aromatic carbocycles. The third kappa shape index (κ3) is 4.30. The molecule has 1 N–H and O–H groups in total. The van der Waals surface area contributed by atoms with E-state index in [-0.39, 0.29) is 12.9 Å².